The number of ether oxygens (including phenoxy) is 1. The summed E-state index contributed by atoms with van der Waals surface area (Å²) >= 11 is 0. The second kappa shape index (κ2) is 4.64. The van der Waals surface area contributed by atoms with Crippen molar-refractivity contribution in [1.82, 2.24) is 14.5 Å². The Morgan fingerprint density at radius 3 is 2.69 bits per heavy atom. The Bertz CT molecular complexity index is 381. The first kappa shape index (κ1) is 11.1. The Morgan fingerprint density at radius 2 is 2.19 bits per heavy atom. The second-order valence-electron chi connectivity index (χ2n) is 4.00. The van der Waals surface area contributed by atoms with Crippen LogP contribution in [0.5, 0.6) is 0 Å². The zero-order valence-corrected chi connectivity index (χ0v) is 9.68. The third-order valence-electron chi connectivity index (χ3n) is 2.94. The van der Waals surface area contributed by atoms with Crippen LogP contribution in [0.1, 0.15) is 17.6 Å². The summed E-state index contributed by atoms with van der Waals surface area (Å²) < 4.78 is 7.23. The summed E-state index contributed by atoms with van der Waals surface area (Å²) in [6.07, 6.45) is 1.93. The predicted molar refractivity (Wildman–Crippen MR) is 58.7 cm³/mol. The molecule has 2 rings (SSSR count). The van der Waals surface area contributed by atoms with E-state index < -0.39 is 0 Å². The number of nitrogens with zero attached hydrogens (tertiary/aromatic N) is 4. The highest BCUT2D eigenvalue weighted by Gasteiger charge is 2.24. The van der Waals surface area contributed by atoms with E-state index in [9.17, 15) is 5.26 Å². The van der Waals surface area contributed by atoms with E-state index in [-0.39, 0.29) is 6.04 Å². The van der Waals surface area contributed by atoms with E-state index in [0.29, 0.717) is 13.2 Å². The average molecular weight is 220 g/mol. The first-order valence-electron chi connectivity index (χ1n) is 5.43. The zero-order valence-electron chi connectivity index (χ0n) is 9.68. The van der Waals surface area contributed by atoms with Gasteiger partial charge in [0.05, 0.1) is 25.0 Å². The molecule has 0 amide bonds. The van der Waals surface area contributed by atoms with Gasteiger partial charge in [0.15, 0.2) is 0 Å². The maximum atomic E-state index is 9.25. The molecule has 0 aromatic carbocycles. The quantitative estimate of drug-likeness (QED) is 0.733. The van der Waals surface area contributed by atoms with Crippen LogP contribution in [0.3, 0.4) is 0 Å². The Balaban J connectivity index is 2.18. The molecule has 0 aliphatic carbocycles. The number of nitriles is 1. The van der Waals surface area contributed by atoms with Gasteiger partial charge < -0.3 is 9.30 Å². The molecule has 5 heteroatoms. The Hall–Kier alpha value is -1.38. The highest BCUT2D eigenvalue weighted by atomic mass is 16.5. The SMILES string of the molecule is Cc1nc(C(C#N)N2CCOCC2)cn1C. The lowest BCUT2D eigenvalue weighted by Gasteiger charge is -2.29. The van der Waals surface area contributed by atoms with Crippen LogP contribution in [-0.4, -0.2) is 40.8 Å². The van der Waals surface area contributed by atoms with Crippen molar-refractivity contribution in [3.8, 4) is 6.07 Å². The molecule has 86 valence electrons. The van der Waals surface area contributed by atoms with Gasteiger partial charge in [0.1, 0.15) is 11.9 Å². The number of morpholine rings is 1. The number of imidazole rings is 1. The smallest absolute Gasteiger partial charge is 0.142 e. The second-order valence-corrected chi connectivity index (χ2v) is 4.00. The van der Waals surface area contributed by atoms with Crippen molar-refractivity contribution in [3.05, 3.63) is 17.7 Å². The van der Waals surface area contributed by atoms with Gasteiger partial charge in [-0.1, -0.05) is 0 Å². The molecule has 1 fully saturated rings. The lowest BCUT2D eigenvalue weighted by atomic mass is 10.2. The zero-order chi connectivity index (χ0) is 11.5. The van der Waals surface area contributed by atoms with Crippen molar-refractivity contribution in [1.29, 1.82) is 5.26 Å². The maximum Gasteiger partial charge on any atom is 0.142 e. The number of aromatic nitrogens is 2. The van der Waals surface area contributed by atoms with E-state index in [4.69, 9.17) is 4.74 Å². The highest BCUT2D eigenvalue weighted by molar-refractivity contribution is 5.15. The van der Waals surface area contributed by atoms with Crippen LogP contribution in [0.25, 0.3) is 0 Å². The number of hydrogen-bond acceptors (Lipinski definition) is 4. The summed E-state index contributed by atoms with van der Waals surface area (Å²) in [5.74, 6) is 0.934. The fourth-order valence-electron chi connectivity index (χ4n) is 1.89. The van der Waals surface area contributed by atoms with Crippen molar-refractivity contribution in [2.45, 2.75) is 13.0 Å². The topological polar surface area (TPSA) is 54.1 Å². The van der Waals surface area contributed by atoms with Crippen LogP contribution in [0.4, 0.5) is 0 Å². The maximum absolute atomic E-state index is 9.25. The summed E-state index contributed by atoms with van der Waals surface area (Å²) in [7, 11) is 1.94. The van der Waals surface area contributed by atoms with Crippen LogP contribution < -0.4 is 0 Å². The molecule has 0 spiro atoms. The van der Waals surface area contributed by atoms with Crippen LogP contribution in [0, 0.1) is 18.3 Å². The molecular formula is C11H16N4O. The molecule has 1 unspecified atom stereocenters. The number of aryl methyl sites for hydroxylation is 2. The summed E-state index contributed by atoms with van der Waals surface area (Å²) in [6, 6.07) is 2.08. The fraction of sp³-hybridized carbons (Fsp3) is 0.636. The minimum atomic E-state index is -0.246. The summed E-state index contributed by atoms with van der Waals surface area (Å²) in [6.45, 7) is 4.94. The summed E-state index contributed by atoms with van der Waals surface area (Å²) in [4.78, 5) is 6.53. The molecule has 5 nitrogen and oxygen atoms in total. The van der Waals surface area contributed by atoms with Crippen molar-refractivity contribution in [2.75, 3.05) is 26.3 Å². The largest absolute Gasteiger partial charge is 0.379 e. The molecule has 1 saturated heterocycles. The molecule has 2 heterocycles. The molecular weight excluding hydrogens is 204 g/mol. The molecule has 0 bridgehead atoms. The molecule has 1 aliphatic heterocycles. The van der Waals surface area contributed by atoms with Gasteiger partial charge in [-0.05, 0) is 6.92 Å². The van der Waals surface area contributed by atoms with E-state index in [0.717, 1.165) is 24.6 Å². The van der Waals surface area contributed by atoms with E-state index in [2.05, 4.69) is 16.0 Å². The van der Waals surface area contributed by atoms with Crippen LogP contribution in [0.2, 0.25) is 0 Å². The molecule has 0 N–H and O–H groups in total. The summed E-state index contributed by atoms with van der Waals surface area (Å²) in [5.41, 5.74) is 0.837. The highest BCUT2D eigenvalue weighted by Crippen LogP contribution is 2.19. The molecule has 0 saturated carbocycles. The van der Waals surface area contributed by atoms with Crippen LogP contribution in [0.15, 0.2) is 6.20 Å². The van der Waals surface area contributed by atoms with E-state index in [1.165, 1.54) is 0 Å². The van der Waals surface area contributed by atoms with Crippen molar-refractivity contribution in [3.63, 3.8) is 0 Å². The van der Waals surface area contributed by atoms with Gasteiger partial charge in [0.2, 0.25) is 0 Å². The first-order valence-corrected chi connectivity index (χ1v) is 5.43. The third kappa shape index (κ3) is 2.08. The molecule has 1 aromatic rings. The molecule has 0 radical (unpaired) electrons. The van der Waals surface area contributed by atoms with Crippen LogP contribution in [-0.2, 0) is 11.8 Å². The van der Waals surface area contributed by atoms with E-state index in [1.807, 2.05) is 24.7 Å². The molecule has 1 aromatic heterocycles. The van der Waals surface area contributed by atoms with E-state index >= 15 is 0 Å². The van der Waals surface area contributed by atoms with Gasteiger partial charge in [-0.25, -0.2) is 4.98 Å². The van der Waals surface area contributed by atoms with Crippen LogP contribution >= 0.6 is 0 Å². The van der Waals surface area contributed by atoms with Crippen molar-refractivity contribution < 1.29 is 4.74 Å². The van der Waals surface area contributed by atoms with Crippen molar-refractivity contribution in [2.24, 2.45) is 7.05 Å². The predicted octanol–water partition coefficient (Wildman–Crippen LogP) is 0.625. The molecule has 16 heavy (non-hydrogen) atoms. The van der Waals surface area contributed by atoms with Gasteiger partial charge in [-0.2, -0.15) is 5.26 Å². The minimum Gasteiger partial charge on any atom is -0.379 e. The summed E-state index contributed by atoms with van der Waals surface area (Å²) in [5, 5.41) is 9.25. The first-order chi connectivity index (χ1) is 7.72. The lowest BCUT2D eigenvalue weighted by Crippen LogP contribution is -2.38. The normalized spacial score (nSPS) is 19.3. The number of hydrogen-bond donors (Lipinski definition) is 0. The Kier molecular flexibility index (Phi) is 3.22. The minimum absolute atomic E-state index is 0.246. The Labute approximate surface area is 95.2 Å². The van der Waals surface area contributed by atoms with Gasteiger partial charge in [0.25, 0.3) is 0 Å². The average Bonchev–Trinajstić information content (AvgIpc) is 2.61. The number of rotatable bonds is 2. The third-order valence-corrected chi connectivity index (χ3v) is 2.94. The van der Waals surface area contributed by atoms with E-state index in [1.54, 1.807) is 0 Å². The van der Waals surface area contributed by atoms with Crippen molar-refractivity contribution >= 4 is 0 Å². The standard InChI is InChI=1S/C11H16N4O/c1-9-13-10(8-14(9)2)11(7-12)15-3-5-16-6-4-15/h8,11H,3-6H2,1-2H3. The van der Waals surface area contributed by atoms with Gasteiger partial charge >= 0.3 is 0 Å². The van der Waals surface area contributed by atoms with Gasteiger partial charge in [0, 0.05) is 26.3 Å². The van der Waals surface area contributed by atoms with Gasteiger partial charge in [-0.15, -0.1) is 0 Å². The van der Waals surface area contributed by atoms with Gasteiger partial charge in [-0.3, -0.25) is 4.90 Å². The lowest BCUT2D eigenvalue weighted by molar-refractivity contribution is 0.0260. The molecule has 1 aliphatic rings. The molecule has 1 atom stereocenters. The monoisotopic (exact) mass is 220 g/mol. The fourth-order valence-corrected chi connectivity index (χ4v) is 1.89. The Morgan fingerprint density at radius 1 is 1.50 bits per heavy atom.